The number of rotatable bonds is 4. The van der Waals surface area contributed by atoms with E-state index in [1.165, 1.54) is 0 Å². The average molecular weight is 277 g/mol. The van der Waals surface area contributed by atoms with Crippen molar-refractivity contribution in [1.82, 2.24) is 10.3 Å². The van der Waals surface area contributed by atoms with Gasteiger partial charge in [-0.3, -0.25) is 9.78 Å². The summed E-state index contributed by atoms with van der Waals surface area (Å²) in [5.41, 5.74) is 0.652. The lowest BCUT2D eigenvalue weighted by Crippen LogP contribution is -2.35. The molecule has 0 unspecified atom stereocenters. The zero-order valence-corrected chi connectivity index (χ0v) is 11.2. The van der Waals surface area contributed by atoms with Crippen molar-refractivity contribution in [2.75, 3.05) is 11.9 Å². The summed E-state index contributed by atoms with van der Waals surface area (Å²) in [4.78, 5) is 26.4. The van der Waals surface area contributed by atoms with Gasteiger partial charge in [0.15, 0.2) is 0 Å². The van der Waals surface area contributed by atoms with E-state index in [1.807, 2.05) is 0 Å². The Bertz CT molecular complexity index is 456. The minimum absolute atomic E-state index is 0.213. The average Bonchev–Trinajstić information content (AvgIpc) is 2.46. The van der Waals surface area contributed by atoms with Crippen molar-refractivity contribution in [1.29, 1.82) is 0 Å². The van der Waals surface area contributed by atoms with Crippen molar-refractivity contribution in [2.24, 2.45) is 11.8 Å². The Morgan fingerprint density at radius 2 is 2.05 bits per heavy atom. The number of nitrogens with one attached hydrogen (secondary N) is 2. The first-order chi connectivity index (χ1) is 9.65. The standard InChI is InChI=1S/C14H19N3O3/c18-13(19)11-5-3-10(4-6-11)8-16-14(20)17-12-2-1-7-15-9-12/h1-2,7,9-11H,3-6,8H2,(H,18,19)(H2,16,17,20). The Morgan fingerprint density at radius 1 is 1.30 bits per heavy atom. The van der Waals surface area contributed by atoms with Gasteiger partial charge in [0.2, 0.25) is 0 Å². The molecule has 108 valence electrons. The van der Waals surface area contributed by atoms with Gasteiger partial charge in [-0.05, 0) is 43.7 Å². The van der Waals surface area contributed by atoms with Gasteiger partial charge in [-0.2, -0.15) is 0 Å². The van der Waals surface area contributed by atoms with E-state index in [2.05, 4.69) is 15.6 Å². The van der Waals surface area contributed by atoms with Gasteiger partial charge in [0.25, 0.3) is 0 Å². The molecule has 1 aromatic rings. The normalized spacial score (nSPS) is 22.0. The molecule has 0 saturated heterocycles. The van der Waals surface area contributed by atoms with E-state index in [4.69, 9.17) is 5.11 Å². The molecule has 3 N–H and O–H groups in total. The predicted octanol–water partition coefficient (Wildman–Crippen LogP) is 2.09. The predicted molar refractivity (Wildman–Crippen MR) is 74.3 cm³/mol. The SMILES string of the molecule is O=C(NCC1CCC(C(=O)O)CC1)Nc1cccnc1. The van der Waals surface area contributed by atoms with Crippen molar-refractivity contribution in [3.63, 3.8) is 0 Å². The summed E-state index contributed by atoms with van der Waals surface area (Å²) in [6.07, 6.45) is 6.33. The van der Waals surface area contributed by atoms with Crippen LogP contribution in [0.25, 0.3) is 0 Å². The highest BCUT2D eigenvalue weighted by Gasteiger charge is 2.25. The minimum Gasteiger partial charge on any atom is -0.481 e. The van der Waals surface area contributed by atoms with Crippen LogP contribution < -0.4 is 10.6 Å². The maximum Gasteiger partial charge on any atom is 0.319 e. The fourth-order valence-corrected chi connectivity index (χ4v) is 2.46. The molecule has 1 heterocycles. The van der Waals surface area contributed by atoms with Gasteiger partial charge in [-0.25, -0.2) is 4.79 Å². The number of carbonyl (C=O) groups excluding carboxylic acids is 1. The monoisotopic (exact) mass is 277 g/mol. The van der Waals surface area contributed by atoms with E-state index in [-0.39, 0.29) is 11.9 Å². The number of urea groups is 1. The van der Waals surface area contributed by atoms with Crippen molar-refractivity contribution < 1.29 is 14.7 Å². The van der Waals surface area contributed by atoms with Crippen LogP contribution in [-0.2, 0) is 4.79 Å². The highest BCUT2D eigenvalue weighted by Crippen LogP contribution is 2.28. The molecule has 1 aliphatic carbocycles. The summed E-state index contributed by atoms with van der Waals surface area (Å²) >= 11 is 0. The number of amides is 2. The number of carbonyl (C=O) groups is 2. The smallest absolute Gasteiger partial charge is 0.319 e. The van der Waals surface area contributed by atoms with Crippen LogP contribution in [-0.4, -0.2) is 28.6 Å². The maximum absolute atomic E-state index is 11.7. The Kier molecular flexibility index (Phi) is 4.92. The number of aromatic nitrogens is 1. The first kappa shape index (κ1) is 14.3. The zero-order chi connectivity index (χ0) is 14.4. The molecule has 1 fully saturated rings. The van der Waals surface area contributed by atoms with Crippen LogP contribution in [0.2, 0.25) is 0 Å². The molecule has 20 heavy (non-hydrogen) atoms. The molecule has 0 radical (unpaired) electrons. The number of aliphatic carboxylic acids is 1. The molecular formula is C14H19N3O3. The molecule has 1 aliphatic rings. The van der Waals surface area contributed by atoms with Crippen molar-refractivity contribution in [3.8, 4) is 0 Å². The molecular weight excluding hydrogens is 258 g/mol. The van der Waals surface area contributed by atoms with Crippen LogP contribution in [0, 0.1) is 11.8 Å². The second kappa shape index (κ2) is 6.88. The number of hydrogen-bond donors (Lipinski definition) is 3. The van der Waals surface area contributed by atoms with Gasteiger partial charge in [0.05, 0.1) is 17.8 Å². The summed E-state index contributed by atoms with van der Waals surface area (Å²) in [6, 6.07) is 3.27. The summed E-state index contributed by atoms with van der Waals surface area (Å²) < 4.78 is 0. The molecule has 6 heteroatoms. The van der Waals surface area contributed by atoms with Crippen molar-refractivity contribution in [3.05, 3.63) is 24.5 Å². The second-order valence-electron chi connectivity index (χ2n) is 5.13. The molecule has 1 aromatic heterocycles. The van der Waals surface area contributed by atoms with Gasteiger partial charge >= 0.3 is 12.0 Å². The number of hydrogen-bond acceptors (Lipinski definition) is 3. The van der Waals surface area contributed by atoms with E-state index in [0.717, 1.165) is 12.8 Å². The fourth-order valence-electron chi connectivity index (χ4n) is 2.46. The van der Waals surface area contributed by atoms with Crippen molar-refractivity contribution in [2.45, 2.75) is 25.7 Å². The number of carboxylic acid groups (broad SMARTS) is 1. The third kappa shape index (κ3) is 4.22. The fraction of sp³-hybridized carbons (Fsp3) is 0.500. The summed E-state index contributed by atoms with van der Waals surface area (Å²) in [5.74, 6) is -0.550. The highest BCUT2D eigenvalue weighted by atomic mass is 16.4. The molecule has 0 bridgehead atoms. The Labute approximate surface area is 117 Å². The molecule has 2 rings (SSSR count). The molecule has 0 atom stereocenters. The van der Waals surface area contributed by atoms with Gasteiger partial charge in [-0.15, -0.1) is 0 Å². The van der Waals surface area contributed by atoms with Crippen LogP contribution in [0.1, 0.15) is 25.7 Å². The Hall–Kier alpha value is -2.11. The number of pyridine rings is 1. The lowest BCUT2D eigenvalue weighted by molar-refractivity contribution is -0.143. The largest absolute Gasteiger partial charge is 0.481 e. The molecule has 0 aromatic carbocycles. The van der Waals surface area contributed by atoms with Crippen molar-refractivity contribution >= 4 is 17.7 Å². The van der Waals surface area contributed by atoms with E-state index >= 15 is 0 Å². The van der Waals surface area contributed by atoms with E-state index in [0.29, 0.717) is 31.0 Å². The number of nitrogens with zero attached hydrogens (tertiary/aromatic N) is 1. The first-order valence-electron chi connectivity index (χ1n) is 6.83. The Morgan fingerprint density at radius 3 is 2.65 bits per heavy atom. The second-order valence-corrected chi connectivity index (χ2v) is 5.13. The maximum atomic E-state index is 11.7. The molecule has 6 nitrogen and oxygen atoms in total. The van der Waals surface area contributed by atoms with Crippen LogP contribution in [0.3, 0.4) is 0 Å². The van der Waals surface area contributed by atoms with Crippen LogP contribution >= 0.6 is 0 Å². The van der Waals surface area contributed by atoms with E-state index < -0.39 is 5.97 Å². The summed E-state index contributed by atoms with van der Waals surface area (Å²) in [6.45, 7) is 0.582. The Balaban J connectivity index is 1.68. The molecule has 1 saturated carbocycles. The quantitative estimate of drug-likeness (QED) is 0.786. The van der Waals surface area contributed by atoms with Crippen LogP contribution in [0.15, 0.2) is 24.5 Å². The van der Waals surface area contributed by atoms with Crippen LogP contribution in [0.4, 0.5) is 10.5 Å². The molecule has 0 spiro atoms. The highest BCUT2D eigenvalue weighted by molar-refractivity contribution is 5.88. The van der Waals surface area contributed by atoms with E-state index in [1.54, 1.807) is 24.5 Å². The molecule has 0 aliphatic heterocycles. The lowest BCUT2D eigenvalue weighted by atomic mass is 9.82. The first-order valence-corrected chi connectivity index (χ1v) is 6.83. The third-order valence-corrected chi connectivity index (χ3v) is 3.67. The van der Waals surface area contributed by atoms with E-state index in [9.17, 15) is 9.59 Å². The van der Waals surface area contributed by atoms with Gasteiger partial charge in [0, 0.05) is 12.7 Å². The summed E-state index contributed by atoms with van der Waals surface area (Å²) in [7, 11) is 0. The molecule has 2 amide bonds. The number of carboxylic acids is 1. The third-order valence-electron chi connectivity index (χ3n) is 3.67. The lowest BCUT2D eigenvalue weighted by Gasteiger charge is -2.26. The van der Waals surface area contributed by atoms with Gasteiger partial charge in [0.1, 0.15) is 0 Å². The minimum atomic E-state index is -0.703. The number of anilines is 1. The zero-order valence-electron chi connectivity index (χ0n) is 11.2. The van der Waals surface area contributed by atoms with Gasteiger partial charge < -0.3 is 15.7 Å². The van der Waals surface area contributed by atoms with Crippen LogP contribution in [0.5, 0.6) is 0 Å². The summed E-state index contributed by atoms with van der Waals surface area (Å²) in [5, 5.41) is 14.4. The van der Waals surface area contributed by atoms with Gasteiger partial charge in [-0.1, -0.05) is 0 Å². The topological polar surface area (TPSA) is 91.3 Å².